The molecule has 0 aromatic carbocycles. The number of thiocarbonyl (C=S) groups is 1. The van der Waals surface area contributed by atoms with Crippen LogP contribution in [0.4, 0.5) is 0 Å². The zero-order valence-corrected chi connectivity index (χ0v) is 5.21. The number of hydrogen-bond acceptors (Lipinski definition) is 4. The molecular weight excluding hydrogens is 134 g/mol. The van der Waals surface area contributed by atoms with Crippen molar-refractivity contribution in [3.8, 4) is 0 Å². The predicted molar refractivity (Wildman–Crippen MR) is 32.9 cm³/mol. The second kappa shape index (κ2) is 2.92. The maximum atomic E-state index is 9.49. The molecule has 0 aliphatic carbocycles. The summed E-state index contributed by atoms with van der Waals surface area (Å²) in [4.78, 5) is 9.49. The Bertz CT molecular complexity index is 89.9. The van der Waals surface area contributed by atoms with Gasteiger partial charge in [-0.15, -0.1) is 0 Å². The van der Waals surface area contributed by atoms with Gasteiger partial charge in [-0.05, 0) is 6.92 Å². The van der Waals surface area contributed by atoms with Crippen LogP contribution in [0.1, 0.15) is 6.92 Å². The zero-order valence-electron chi connectivity index (χ0n) is 3.58. The average Bonchev–Trinajstić information content (AvgIpc) is 1.27. The van der Waals surface area contributed by atoms with E-state index in [-0.39, 0.29) is 0 Å². The summed E-state index contributed by atoms with van der Waals surface area (Å²) in [7, 11) is 0. The zero-order chi connectivity index (χ0) is 5.86. The second-order valence-corrected chi connectivity index (χ2v) is 2.77. The lowest BCUT2D eigenvalue weighted by molar-refractivity contribution is -0.281. The molecule has 0 heterocycles. The lowest BCUT2D eigenvalue weighted by Crippen LogP contribution is -1.86. The third kappa shape index (κ3) is 5.84. The van der Waals surface area contributed by atoms with Crippen LogP contribution in [-0.2, 0) is 0 Å². The van der Waals surface area contributed by atoms with Crippen LogP contribution in [0.5, 0.6) is 0 Å². The normalized spacial score (nSPS) is 8.14. The number of nitro groups is 1. The van der Waals surface area contributed by atoms with Gasteiger partial charge in [0.15, 0.2) is 0 Å². The molecule has 40 valence electrons. The van der Waals surface area contributed by atoms with Crippen molar-refractivity contribution in [1.29, 1.82) is 0 Å². The first-order valence-electron chi connectivity index (χ1n) is 1.46. The molecule has 0 aromatic heterocycles. The van der Waals surface area contributed by atoms with Crippen LogP contribution in [0.3, 0.4) is 0 Å². The van der Waals surface area contributed by atoms with E-state index in [1.54, 1.807) is 0 Å². The van der Waals surface area contributed by atoms with Gasteiger partial charge >= 0.3 is 0 Å². The van der Waals surface area contributed by atoms with Crippen LogP contribution in [-0.4, -0.2) is 8.53 Å². The molecule has 0 radical (unpaired) electrons. The molecule has 0 aliphatic heterocycles. The summed E-state index contributed by atoms with van der Waals surface area (Å²) in [6.45, 7) is 1.52. The Morgan fingerprint density at radius 1 is 2.00 bits per heavy atom. The van der Waals surface area contributed by atoms with E-state index >= 15 is 0 Å². The average molecular weight is 137 g/mol. The molecule has 0 saturated carbocycles. The molecule has 0 rings (SSSR count). The highest BCUT2D eigenvalue weighted by Gasteiger charge is 1.99. The SMILES string of the molecule is CC(=S)S[N+](=O)[O-]. The number of hydrogen-bond donors (Lipinski definition) is 0. The van der Waals surface area contributed by atoms with Crippen molar-refractivity contribution in [1.82, 2.24) is 0 Å². The van der Waals surface area contributed by atoms with Crippen LogP contribution in [0, 0.1) is 10.1 Å². The Morgan fingerprint density at radius 3 is 2.43 bits per heavy atom. The summed E-state index contributed by atoms with van der Waals surface area (Å²) in [5.41, 5.74) is 0. The van der Waals surface area contributed by atoms with Crippen molar-refractivity contribution >= 4 is 28.4 Å². The molecule has 0 aliphatic rings. The van der Waals surface area contributed by atoms with Gasteiger partial charge in [0.25, 0.3) is 11.9 Å². The fourth-order valence-electron chi connectivity index (χ4n) is 0.105. The van der Waals surface area contributed by atoms with Crippen molar-refractivity contribution in [3.05, 3.63) is 10.1 Å². The molecule has 0 fully saturated rings. The van der Waals surface area contributed by atoms with Crippen molar-refractivity contribution in [2.24, 2.45) is 0 Å². The largest absolute Gasteiger partial charge is 0.272 e. The predicted octanol–water partition coefficient (Wildman–Crippen LogP) is 1.26. The summed E-state index contributed by atoms with van der Waals surface area (Å²) in [5.74, 6) is 0. The van der Waals surface area contributed by atoms with Gasteiger partial charge in [-0.2, -0.15) is 0 Å². The Hall–Kier alpha value is -0.160. The van der Waals surface area contributed by atoms with E-state index in [1.807, 2.05) is 0 Å². The number of rotatable bonds is 1. The van der Waals surface area contributed by atoms with E-state index < -0.39 is 4.33 Å². The maximum absolute atomic E-state index is 9.49. The first-order valence-corrected chi connectivity index (χ1v) is 2.64. The van der Waals surface area contributed by atoms with E-state index in [0.717, 1.165) is 0 Å². The molecule has 0 atom stereocenters. The van der Waals surface area contributed by atoms with Crippen LogP contribution < -0.4 is 0 Å². The van der Waals surface area contributed by atoms with Gasteiger partial charge in [0.2, 0.25) is 0 Å². The summed E-state index contributed by atoms with van der Waals surface area (Å²) < 4.78 is -0.187. The highest BCUT2D eigenvalue weighted by Crippen LogP contribution is 2.01. The molecule has 0 unspecified atom stereocenters. The monoisotopic (exact) mass is 137 g/mol. The molecule has 0 bridgehead atoms. The fourth-order valence-corrected chi connectivity index (χ4v) is 0.497. The van der Waals surface area contributed by atoms with E-state index in [0.29, 0.717) is 16.1 Å². The molecule has 0 amide bonds. The first kappa shape index (κ1) is 6.84. The van der Waals surface area contributed by atoms with E-state index in [2.05, 4.69) is 12.2 Å². The topological polar surface area (TPSA) is 43.1 Å². The van der Waals surface area contributed by atoms with Gasteiger partial charge in [0.1, 0.15) is 8.53 Å². The molecule has 3 nitrogen and oxygen atoms in total. The van der Waals surface area contributed by atoms with Crippen molar-refractivity contribution in [2.45, 2.75) is 6.92 Å². The Labute approximate surface area is 50.4 Å². The molecule has 0 spiro atoms. The highest BCUT2D eigenvalue weighted by atomic mass is 32.2. The fraction of sp³-hybridized carbons (Fsp3) is 0.500. The van der Waals surface area contributed by atoms with Gasteiger partial charge in [-0.3, -0.25) is 10.1 Å². The minimum atomic E-state index is -0.525. The molecule has 5 heteroatoms. The minimum Gasteiger partial charge on any atom is -0.250 e. The molecular formula is C2H3NO2S2. The summed E-state index contributed by atoms with van der Waals surface area (Å²) >= 11 is 4.86. The third-order valence-corrected chi connectivity index (χ3v) is 0.833. The van der Waals surface area contributed by atoms with Gasteiger partial charge in [-0.25, -0.2) is 0 Å². The summed E-state index contributed by atoms with van der Waals surface area (Å²) in [6, 6.07) is 0. The van der Waals surface area contributed by atoms with Crippen LogP contribution in [0.15, 0.2) is 0 Å². The Balaban J connectivity index is 3.32. The standard InChI is InChI=1S/C2H3NO2S2/c1-2(6)7-3(4)5/h1H3. The van der Waals surface area contributed by atoms with E-state index in [1.165, 1.54) is 6.92 Å². The Kier molecular flexibility index (Phi) is 2.86. The van der Waals surface area contributed by atoms with Gasteiger partial charge in [0.05, 0.1) is 0 Å². The number of nitrogens with zero attached hydrogens (tertiary/aromatic N) is 1. The third-order valence-electron chi connectivity index (χ3n) is 0.203. The lowest BCUT2D eigenvalue weighted by atomic mass is 11.0. The highest BCUT2D eigenvalue weighted by molar-refractivity contribution is 8.19. The van der Waals surface area contributed by atoms with Crippen LogP contribution in [0.2, 0.25) is 0 Å². The Morgan fingerprint density at radius 2 is 2.43 bits per heavy atom. The minimum absolute atomic E-state index is 0.338. The quantitative estimate of drug-likeness (QED) is 0.236. The first-order chi connectivity index (χ1) is 3.13. The smallest absolute Gasteiger partial charge is 0.250 e. The van der Waals surface area contributed by atoms with Crippen molar-refractivity contribution < 1.29 is 4.33 Å². The van der Waals surface area contributed by atoms with E-state index in [4.69, 9.17) is 0 Å². The van der Waals surface area contributed by atoms with Gasteiger partial charge < -0.3 is 0 Å². The van der Waals surface area contributed by atoms with Crippen molar-refractivity contribution in [3.63, 3.8) is 0 Å². The molecule has 0 aromatic rings. The summed E-state index contributed by atoms with van der Waals surface area (Å²) in [6.07, 6.45) is 0. The summed E-state index contributed by atoms with van der Waals surface area (Å²) in [5, 5.41) is 9.49. The van der Waals surface area contributed by atoms with Crippen molar-refractivity contribution in [2.75, 3.05) is 0 Å². The molecule has 0 N–H and O–H groups in total. The van der Waals surface area contributed by atoms with Crippen LogP contribution in [0.25, 0.3) is 0 Å². The van der Waals surface area contributed by atoms with Crippen LogP contribution >= 0.6 is 24.2 Å². The van der Waals surface area contributed by atoms with E-state index in [9.17, 15) is 10.1 Å². The molecule has 0 saturated heterocycles. The molecule has 7 heavy (non-hydrogen) atoms. The van der Waals surface area contributed by atoms with Gasteiger partial charge in [-0.1, -0.05) is 12.2 Å². The second-order valence-electron chi connectivity index (χ2n) is 0.806. The lowest BCUT2D eigenvalue weighted by Gasteiger charge is -1.78. The maximum Gasteiger partial charge on any atom is 0.272 e. The van der Waals surface area contributed by atoms with Gasteiger partial charge in [0, 0.05) is 0 Å².